The lowest BCUT2D eigenvalue weighted by Crippen LogP contribution is -2.66. The highest BCUT2D eigenvalue weighted by molar-refractivity contribution is 8.00. The van der Waals surface area contributed by atoms with Crippen LogP contribution < -0.4 is 16.0 Å². The molecule has 0 aliphatic carbocycles. The number of carbonyl (C=O) groups excluding carboxylic acids is 2. The molecule has 3 amide bonds. The molecule has 38 heavy (non-hydrogen) atoms. The topological polar surface area (TPSA) is 240 Å². The maximum atomic E-state index is 12.6. The quantitative estimate of drug-likeness (QED) is 0.0885. The second kappa shape index (κ2) is 12.9. The monoisotopic (exact) mass is 567 g/mol. The van der Waals surface area contributed by atoms with E-state index in [4.69, 9.17) is 14.2 Å². The number of unbranched alkanes of at least 4 members (excludes halogenated alkanes) is 1. The number of fused-ring (bicyclic) bond motifs is 1. The lowest BCUT2D eigenvalue weighted by atomic mass is 9.95. The summed E-state index contributed by atoms with van der Waals surface area (Å²) in [6, 6.07) is -1.10. The van der Waals surface area contributed by atoms with Crippen molar-refractivity contribution < 1.29 is 59.5 Å². The zero-order valence-corrected chi connectivity index (χ0v) is 21.4. The minimum absolute atomic E-state index is 0.0841. The van der Waals surface area contributed by atoms with E-state index >= 15 is 0 Å². The van der Waals surface area contributed by atoms with Crippen LogP contribution in [0.1, 0.15) is 25.7 Å². The van der Waals surface area contributed by atoms with Gasteiger partial charge in [0.25, 0.3) is 0 Å². The first kappa shape index (κ1) is 29.7. The number of hydrogen-bond donors (Lipinski definition) is 10. The molecular formula is C22H37N3O12S. The Bertz CT molecular complexity index is 824. The van der Waals surface area contributed by atoms with E-state index in [0.717, 1.165) is 18.6 Å². The summed E-state index contributed by atoms with van der Waals surface area (Å²) < 4.78 is 16.1. The smallest absolute Gasteiger partial charge is 0.315 e. The molecule has 4 saturated heterocycles. The van der Waals surface area contributed by atoms with E-state index in [1.54, 1.807) is 11.8 Å². The molecular weight excluding hydrogens is 530 g/mol. The summed E-state index contributed by atoms with van der Waals surface area (Å²) in [5.74, 6) is 0.435. The summed E-state index contributed by atoms with van der Waals surface area (Å²) in [4.78, 5) is 24.0. The number of ether oxygens (including phenoxy) is 3. The third-order valence-corrected chi connectivity index (χ3v) is 8.92. The van der Waals surface area contributed by atoms with E-state index in [1.165, 1.54) is 0 Å². The first-order chi connectivity index (χ1) is 18.1. The second-order valence-corrected chi connectivity index (χ2v) is 11.3. The minimum Gasteiger partial charge on any atom is -0.394 e. The number of rotatable bonds is 10. The van der Waals surface area contributed by atoms with Crippen molar-refractivity contribution in [1.82, 2.24) is 16.0 Å². The van der Waals surface area contributed by atoms with Gasteiger partial charge in [-0.05, 0) is 12.8 Å². The van der Waals surface area contributed by atoms with Crippen molar-refractivity contribution in [2.24, 2.45) is 0 Å². The molecule has 10 N–H and O–H groups in total. The summed E-state index contributed by atoms with van der Waals surface area (Å²) in [6.45, 7) is -1.34. The molecule has 16 heteroatoms. The van der Waals surface area contributed by atoms with Gasteiger partial charge in [0.15, 0.2) is 12.6 Å². The van der Waals surface area contributed by atoms with E-state index in [9.17, 15) is 45.3 Å². The van der Waals surface area contributed by atoms with Gasteiger partial charge in [-0.25, -0.2) is 4.79 Å². The number of amides is 3. The molecule has 6 unspecified atom stereocenters. The highest BCUT2D eigenvalue weighted by Crippen LogP contribution is 2.33. The van der Waals surface area contributed by atoms with E-state index in [-0.39, 0.29) is 29.8 Å². The maximum Gasteiger partial charge on any atom is 0.315 e. The molecule has 4 rings (SSSR count). The lowest BCUT2D eigenvalue weighted by Gasteiger charge is -2.45. The third-order valence-electron chi connectivity index (χ3n) is 7.41. The summed E-state index contributed by atoms with van der Waals surface area (Å²) in [5, 5.41) is 78.9. The number of nitrogens with one attached hydrogen (secondary N) is 3. The van der Waals surface area contributed by atoms with E-state index in [2.05, 4.69) is 16.0 Å². The summed E-state index contributed by atoms with van der Waals surface area (Å²) in [7, 11) is 0. The van der Waals surface area contributed by atoms with Crippen molar-refractivity contribution in [3.63, 3.8) is 0 Å². The van der Waals surface area contributed by atoms with Gasteiger partial charge in [-0.2, -0.15) is 11.8 Å². The van der Waals surface area contributed by atoms with Crippen LogP contribution in [-0.2, 0) is 19.0 Å². The molecule has 13 atom stereocenters. The van der Waals surface area contributed by atoms with Gasteiger partial charge in [-0.1, -0.05) is 6.42 Å². The zero-order valence-electron chi connectivity index (χ0n) is 20.5. The zero-order chi connectivity index (χ0) is 27.6. The fourth-order valence-corrected chi connectivity index (χ4v) is 6.77. The van der Waals surface area contributed by atoms with Gasteiger partial charge in [0, 0.05) is 17.4 Å². The molecule has 4 fully saturated rings. The highest BCUT2D eigenvalue weighted by atomic mass is 32.2. The summed E-state index contributed by atoms with van der Waals surface area (Å²) in [6.07, 6.45) is -11.9. The van der Waals surface area contributed by atoms with Crippen LogP contribution in [0.4, 0.5) is 4.79 Å². The van der Waals surface area contributed by atoms with Crippen molar-refractivity contribution in [2.45, 2.75) is 104 Å². The average molecular weight is 568 g/mol. The largest absolute Gasteiger partial charge is 0.394 e. The number of hydrogen-bond acceptors (Lipinski definition) is 13. The standard InChI is InChI=1S/C22H37N3O12S/c26-5-9-14(24-12(28)4-2-1-3-11-13-8(7-38-11)23-22(34)25-13)16(30)18(32)20(35-9)37-21-19(33)17(31)15(29)10(6-27)36-21/h8-11,13-21,26-27,29-33H,1-7H2,(H,24,28)(H2,23,25,34)/t8-,9?,10?,11?,13-,14+,15+,16?,17?,18-,19?,20+,21+/m0/s1. The molecule has 218 valence electrons. The van der Waals surface area contributed by atoms with Crippen molar-refractivity contribution in [2.75, 3.05) is 19.0 Å². The first-order valence-corrected chi connectivity index (χ1v) is 13.8. The van der Waals surface area contributed by atoms with Gasteiger partial charge >= 0.3 is 6.03 Å². The fraction of sp³-hybridized carbons (Fsp3) is 0.909. The van der Waals surface area contributed by atoms with Gasteiger partial charge in [0.1, 0.15) is 42.7 Å². The molecule has 4 heterocycles. The molecule has 0 aromatic heterocycles. The van der Waals surface area contributed by atoms with E-state index < -0.39 is 80.5 Å². The number of carbonyl (C=O) groups is 2. The normalized spacial score (nSPS) is 44.8. The first-order valence-electron chi connectivity index (χ1n) is 12.7. The molecule has 0 spiro atoms. The summed E-state index contributed by atoms with van der Waals surface area (Å²) in [5.41, 5.74) is 0. The number of thioether (sulfide) groups is 1. The van der Waals surface area contributed by atoms with Crippen LogP contribution in [0.3, 0.4) is 0 Å². The number of urea groups is 1. The Labute approximate surface area is 222 Å². The van der Waals surface area contributed by atoms with Gasteiger partial charge in [-0.3, -0.25) is 4.79 Å². The van der Waals surface area contributed by atoms with Crippen LogP contribution in [0.5, 0.6) is 0 Å². The van der Waals surface area contributed by atoms with Crippen molar-refractivity contribution >= 4 is 23.7 Å². The number of aliphatic hydroxyl groups excluding tert-OH is 7. The van der Waals surface area contributed by atoms with Crippen LogP contribution in [0.15, 0.2) is 0 Å². The van der Waals surface area contributed by atoms with Crippen molar-refractivity contribution in [3.8, 4) is 0 Å². The van der Waals surface area contributed by atoms with Gasteiger partial charge in [0.2, 0.25) is 5.91 Å². The maximum absolute atomic E-state index is 12.6. The van der Waals surface area contributed by atoms with Gasteiger partial charge < -0.3 is 65.9 Å². The number of aliphatic hydroxyl groups is 7. The highest BCUT2D eigenvalue weighted by Gasteiger charge is 2.50. The van der Waals surface area contributed by atoms with Crippen LogP contribution >= 0.6 is 11.8 Å². The molecule has 4 aliphatic heterocycles. The molecule has 15 nitrogen and oxygen atoms in total. The third kappa shape index (κ3) is 6.36. The van der Waals surface area contributed by atoms with Crippen LogP contribution in [0.25, 0.3) is 0 Å². The van der Waals surface area contributed by atoms with Gasteiger partial charge in [0.05, 0.1) is 31.3 Å². The predicted octanol–water partition coefficient (Wildman–Crippen LogP) is -4.55. The predicted molar refractivity (Wildman–Crippen MR) is 129 cm³/mol. The molecule has 0 aromatic carbocycles. The molecule has 4 aliphatic rings. The Hall–Kier alpha value is -1.31. The second-order valence-electron chi connectivity index (χ2n) is 10.0. The van der Waals surface area contributed by atoms with E-state index in [1.807, 2.05) is 0 Å². The Morgan fingerprint density at radius 1 is 0.921 bits per heavy atom. The average Bonchev–Trinajstić information content (AvgIpc) is 3.45. The molecule has 0 bridgehead atoms. The van der Waals surface area contributed by atoms with E-state index in [0.29, 0.717) is 6.42 Å². The lowest BCUT2D eigenvalue weighted by molar-refractivity contribution is -0.369. The Kier molecular flexibility index (Phi) is 10.1. The fourth-order valence-electron chi connectivity index (χ4n) is 5.22. The van der Waals surface area contributed by atoms with Crippen molar-refractivity contribution in [1.29, 1.82) is 0 Å². The van der Waals surface area contributed by atoms with Crippen LogP contribution in [0.2, 0.25) is 0 Å². The molecule has 0 saturated carbocycles. The summed E-state index contributed by atoms with van der Waals surface area (Å²) >= 11 is 1.78. The Balaban J connectivity index is 1.24. The van der Waals surface area contributed by atoms with Crippen LogP contribution in [0, 0.1) is 0 Å². The van der Waals surface area contributed by atoms with Crippen molar-refractivity contribution in [3.05, 3.63) is 0 Å². The Morgan fingerprint density at radius 3 is 2.26 bits per heavy atom. The minimum atomic E-state index is -1.76. The SMILES string of the molecule is O=C(CCCCC1SC[C@@H]2NC(=O)N[C@H]12)N[C@@H]1C(CO)O[C@H](O[C@H]2OC(CO)[C@@H](O)C(O)C2O)[C@@H](O)C1O. The molecule has 0 aromatic rings. The van der Waals surface area contributed by atoms with Gasteiger partial charge in [-0.15, -0.1) is 0 Å². The van der Waals surface area contributed by atoms with Crippen LogP contribution in [-0.4, -0.2) is 145 Å². The Morgan fingerprint density at radius 2 is 1.58 bits per heavy atom. The molecule has 0 radical (unpaired) electrons.